The second-order valence-corrected chi connectivity index (χ2v) is 6.37. The van der Waals surface area contributed by atoms with Crippen molar-refractivity contribution in [2.75, 3.05) is 19.3 Å². The molecule has 2 unspecified atom stereocenters. The first-order valence-corrected chi connectivity index (χ1v) is 7.23. The van der Waals surface area contributed by atoms with Crippen molar-refractivity contribution in [1.82, 2.24) is 9.62 Å². The fraction of sp³-hybridized carbons (Fsp3) is 0.889. The summed E-state index contributed by atoms with van der Waals surface area (Å²) < 4.78 is 24.7. The number of nitrogens with one attached hydrogen (secondary N) is 1. The van der Waals surface area contributed by atoms with Gasteiger partial charge in [-0.25, -0.2) is 17.9 Å². The Morgan fingerprint density at radius 1 is 1.31 bits per heavy atom. The number of fused-ring (bicyclic) bond motifs is 1. The lowest BCUT2D eigenvalue weighted by molar-refractivity contribution is 0.145. The van der Waals surface area contributed by atoms with Crippen LogP contribution < -0.4 is 4.72 Å². The van der Waals surface area contributed by atoms with E-state index in [4.69, 9.17) is 5.11 Å². The lowest BCUT2D eigenvalue weighted by atomic mass is 10.2. The average molecular weight is 248 g/mol. The van der Waals surface area contributed by atoms with Gasteiger partial charge in [0.15, 0.2) is 0 Å². The lowest BCUT2D eigenvalue weighted by Crippen LogP contribution is -2.33. The molecule has 1 aliphatic carbocycles. The largest absolute Gasteiger partial charge is 0.465 e. The number of nitrogens with zero attached hydrogens (tertiary/aromatic N) is 1. The number of hydrogen-bond acceptors (Lipinski definition) is 3. The molecule has 16 heavy (non-hydrogen) atoms. The van der Waals surface area contributed by atoms with Gasteiger partial charge in [0.2, 0.25) is 10.0 Å². The van der Waals surface area contributed by atoms with Crippen LogP contribution in [-0.2, 0) is 10.0 Å². The van der Waals surface area contributed by atoms with E-state index >= 15 is 0 Å². The van der Waals surface area contributed by atoms with E-state index in [0.717, 1.165) is 19.1 Å². The van der Waals surface area contributed by atoms with Crippen molar-refractivity contribution in [1.29, 1.82) is 0 Å². The van der Waals surface area contributed by atoms with Crippen LogP contribution in [-0.4, -0.2) is 49.9 Å². The number of carboxylic acid groups (broad SMARTS) is 1. The topological polar surface area (TPSA) is 86.7 Å². The molecule has 0 aromatic carbocycles. The second kappa shape index (κ2) is 3.89. The van der Waals surface area contributed by atoms with Crippen LogP contribution in [0.3, 0.4) is 0 Å². The van der Waals surface area contributed by atoms with E-state index in [1.807, 2.05) is 0 Å². The number of amides is 1. The lowest BCUT2D eigenvalue weighted by Gasteiger charge is -2.17. The predicted octanol–water partition coefficient (Wildman–Crippen LogP) is -0.0760. The molecule has 2 atom stereocenters. The van der Waals surface area contributed by atoms with Crippen LogP contribution in [0.4, 0.5) is 4.79 Å². The molecule has 0 bridgehead atoms. The second-order valence-electron chi connectivity index (χ2n) is 4.59. The smallest absolute Gasteiger partial charge is 0.407 e. The minimum Gasteiger partial charge on any atom is -0.465 e. The fourth-order valence-corrected chi connectivity index (χ4v) is 3.41. The van der Waals surface area contributed by atoms with Crippen molar-refractivity contribution in [3.8, 4) is 0 Å². The Balaban J connectivity index is 1.90. The van der Waals surface area contributed by atoms with Crippen molar-refractivity contribution in [3.05, 3.63) is 0 Å². The molecule has 0 spiro atoms. The number of likely N-dealkylation sites (tertiary alicyclic amines) is 1. The maximum Gasteiger partial charge on any atom is 0.407 e. The minimum atomic E-state index is -3.14. The molecule has 0 aromatic heterocycles. The van der Waals surface area contributed by atoms with Crippen LogP contribution in [0.1, 0.15) is 12.8 Å². The Labute approximate surface area is 94.7 Å². The molecule has 0 aromatic rings. The molecule has 2 aliphatic rings. The summed E-state index contributed by atoms with van der Waals surface area (Å²) in [6, 6.07) is 0.0333. The summed E-state index contributed by atoms with van der Waals surface area (Å²) in [6.07, 6.45) is 1.79. The van der Waals surface area contributed by atoms with Crippen LogP contribution in [0.25, 0.3) is 0 Å². The van der Waals surface area contributed by atoms with Crippen molar-refractivity contribution in [3.63, 3.8) is 0 Å². The molecule has 2 rings (SSSR count). The minimum absolute atomic E-state index is 0.0333. The van der Waals surface area contributed by atoms with Gasteiger partial charge in [0.05, 0.1) is 6.26 Å². The third-order valence-electron chi connectivity index (χ3n) is 3.42. The van der Waals surface area contributed by atoms with Crippen molar-refractivity contribution in [2.24, 2.45) is 11.8 Å². The third kappa shape index (κ3) is 2.46. The molecular weight excluding hydrogens is 232 g/mol. The van der Waals surface area contributed by atoms with Gasteiger partial charge >= 0.3 is 6.09 Å². The maximum atomic E-state index is 11.1. The Morgan fingerprint density at radius 2 is 1.81 bits per heavy atom. The fourth-order valence-electron chi connectivity index (χ4n) is 2.57. The molecule has 1 saturated carbocycles. The van der Waals surface area contributed by atoms with Gasteiger partial charge in [-0.05, 0) is 24.7 Å². The number of rotatable bonds is 2. The van der Waals surface area contributed by atoms with Gasteiger partial charge in [0.25, 0.3) is 0 Å². The first-order valence-electron chi connectivity index (χ1n) is 5.33. The Kier molecular flexibility index (Phi) is 2.83. The van der Waals surface area contributed by atoms with E-state index in [1.54, 1.807) is 0 Å². The standard InChI is InChI=1S/C9H16N2O4S/c1-16(14,15)10-8-6-2-4-11(9(12)13)5-3-7(6)8/h6-8,10H,2-5H2,1H3,(H,12,13). The summed E-state index contributed by atoms with van der Waals surface area (Å²) in [4.78, 5) is 12.2. The highest BCUT2D eigenvalue weighted by molar-refractivity contribution is 7.88. The summed E-state index contributed by atoms with van der Waals surface area (Å²) in [5, 5.41) is 8.83. The third-order valence-corrected chi connectivity index (χ3v) is 4.12. The molecule has 1 heterocycles. The average Bonchev–Trinajstić information content (AvgIpc) is 2.79. The van der Waals surface area contributed by atoms with Crippen molar-refractivity contribution >= 4 is 16.1 Å². The van der Waals surface area contributed by atoms with E-state index in [1.165, 1.54) is 4.90 Å². The zero-order chi connectivity index (χ0) is 11.9. The van der Waals surface area contributed by atoms with Crippen LogP contribution >= 0.6 is 0 Å². The summed E-state index contributed by atoms with van der Waals surface area (Å²) >= 11 is 0. The number of hydrogen-bond donors (Lipinski definition) is 2. The van der Waals surface area contributed by atoms with Gasteiger partial charge in [-0.3, -0.25) is 0 Å². The normalized spacial score (nSPS) is 34.1. The first-order chi connectivity index (χ1) is 7.38. The highest BCUT2D eigenvalue weighted by atomic mass is 32.2. The Hall–Kier alpha value is -0.820. The van der Waals surface area contributed by atoms with Gasteiger partial charge in [-0.15, -0.1) is 0 Å². The van der Waals surface area contributed by atoms with Gasteiger partial charge in [0.1, 0.15) is 0 Å². The maximum absolute atomic E-state index is 11.1. The predicted molar refractivity (Wildman–Crippen MR) is 57.6 cm³/mol. The van der Waals surface area contributed by atoms with Gasteiger partial charge in [-0.1, -0.05) is 0 Å². The highest BCUT2D eigenvalue weighted by Crippen LogP contribution is 2.46. The molecule has 1 amide bonds. The van der Waals surface area contributed by atoms with E-state index in [-0.39, 0.29) is 6.04 Å². The molecule has 6 nitrogen and oxygen atoms in total. The zero-order valence-corrected chi connectivity index (χ0v) is 9.90. The Bertz CT molecular complexity index is 380. The van der Waals surface area contributed by atoms with Gasteiger partial charge < -0.3 is 10.0 Å². The van der Waals surface area contributed by atoms with Gasteiger partial charge in [0, 0.05) is 19.1 Å². The summed E-state index contributed by atoms with van der Waals surface area (Å²) in [5.74, 6) is 0.637. The summed E-state index contributed by atoms with van der Waals surface area (Å²) in [5.41, 5.74) is 0. The van der Waals surface area contributed by atoms with E-state index < -0.39 is 16.1 Å². The molecule has 1 saturated heterocycles. The quantitative estimate of drug-likeness (QED) is 0.716. The molecule has 7 heteroatoms. The van der Waals surface area contributed by atoms with Crippen LogP contribution in [0.2, 0.25) is 0 Å². The number of carbonyl (C=O) groups is 1. The van der Waals surface area contributed by atoms with Crippen LogP contribution in [0, 0.1) is 11.8 Å². The zero-order valence-electron chi connectivity index (χ0n) is 9.09. The van der Waals surface area contributed by atoms with E-state index in [2.05, 4.69) is 4.72 Å². The number of sulfonamides is 1. The van der Waals surface area contributed by atoms with Crippen LogP contribution in [0.5, 0.6) is 0 Å². The van der Waals surface area contributed by atoms with E-state index in [9.17, 15) is 13.2 Å². The van der Waals surface area contributed by atoms with Gasteiger partial charge in [-0.2, -0.15) is 0 Å². The molecule has 2 N–H and O–H groups in total. The molecule has 92 valence electrons. The molecule has 0 radical (unpaired) electrons. The summed E-state index contributed by atoms with van der Waals surface area (Å²) in [7, 11) is -3.14. The van der Waals surface area contributed by atoms with Crippen molar-refractivity contribution < 1.29 is 18.3 Å². The highest BCUT2D eigenvalue weighted by Gasteiger charge is 2.52. The summed E-state index contributed by atoms with van der Waals surface area (Å²) in [6.45, 7) is 1.02. The SMILES string of the molecule is CS(=O)(=O)NC1C2CCN(C(=O)O)CCC21. The molecule has 2 fully saturated rings. The molecular formula is C9H16N2O4S. The van der Waals surface area contributed by atoms with E-state index in [0.29, 0.717) is 24.9 Å². The Morgan fingerprint density at radius 3 is 2.19 bits per heavy atom. The first kappa shape index (κ1) is 11.7. The molecule has 1 aliphatic heterocycles. The van der Waals surface area contributed by atoms with Crippen LogP contribution in [0.15, 0.2) is 0 Å². The van der Waals surface area contributed by atoms with Crippen molar-refractivity contribution in [2.45, 2.75) is 18.9 Å². The monoisotopic (exact) mass is 248 g/mol.